The van der Waals surface area contributed by atoms with Gasteiger partial charge >= 0.3 is 0 Å². The van der Waals surface area contributed by atoms with Gasteiger partial charge in [-0.05, 0) is 62.2 Å². The number of fused-ring (bicyclic) bond motifs is 8. The molecule has 0 saturated carbocycles. The smallest absolute Gasteiger partial charge is 0.135 e. The van der Waals surface area contributed by atoms with Crippen molar-refractivity contribution in [1.82, 2.24) is 4.90 Å². The first-order chi connectivity index (χ1) is 13.6. The lowest BCUT2D eigenvalue weighted by Crippen LogP contribution is -2.50. The highest BCUT2D eigenvalue weighted by Gasteiger charge is 2.45. The summed E-state index contributed by atoms with van der Waals surface area (Å²) in [5.74, 6) is 0. The second-order valence-electron chi connectivity index (χ2n) is 8.33. The Morgan fingerprint density at radius 3 is 2.39 bits per heavy atom. The van der Waals surface area contributed by atoms with Crippen LogP contribution in [-0.2, 0) is 0 Å². The zero-order valence-corrected chi connectivity index (χ0v) is 16.5. The van der Waals surface area contributed by atoms with Crippen molar-refractivity contribution in [3.8, 4) is 0 Å². The third-order valence-corrected chi connectivity index (χ3v) is 6.95. The minimum Gasteiger partial charge on any atom is -0.456 e. The van der Waals surface area contributed by atoms with Gasteiger partial charge in [-0.3, -0.25) is 4.90 Å². The Balaban J connectivity index is 1.58. The maximum atomic E-state index is 6.11. The molecule has 1 aliphatic carbocycles. The largest absolute Gasteiger partial charge is 0.456 e. The quantitative estimate of drug-likeness (QED) is 0.400. The molecule has 6 rings (SSSR count). The summed E-state index contributed by atoms with van der Waals surface area (Å²) in [4.78, 5) is 5.15. The number of benzene rings is 3. The van der Waals surface area contributed by atoms with Gasteiger partial charge in [0, 0.05) is 22.5 Å². The van der Waals surface area contributed by atoms with Crippen molar-refractivity contribution in [2.45, 2.75) is 38.5 Å². The van der Waals surface area contributed by atoms with Gasteiger partial charge in [0.1, 0.15) is 11.2 Å². The number of rotatable bonds is 1. The molecule has 1 fully saturated rings. The molecule has 2 bridgehead atoms. The van der Waals surface area contributed by atoms with E-state index < -0.39 is 0 Å². The predicted molar refractivity (Wildman–Crippen MR) is 115 cm³/mol. The fourth-order valence-corrected chi connectivity index (χ4v) is 5.46. The Labute approximate surface area is 165 Å². The van der Waals surface area contributed by atoms with Crippen molar-refractivity contribution >= 4 is 27.6 Å². The van der Waals surface area contributed by atoms with E-state index in [-0.39, 0.29) is 0 Å². The molecule has 0 N–H and O–H groups in total. The molecule has 3 heteroatoms. The van der Waals surface area contributed by atoms with E-state index in [0.29, 0.717) is 18.2 Å². The van der Waals surface area contributed by atoms with Crippen LogP contribution in [0.5, 0.6) is 0 Å². The van der Waals surface area contributed by atoms with Gasteiger partial charge in [0.25, 0.3) is 0 Å². The van der Waals surface area contributed by atoms with E-state index in [0.717, 1.165) is 17.6 Å². The van der Waals surface area contributed by atoms with Crippen molar-refractivity contribution in [3.63, 3.8) is 0 Å². The summed E-state index contributed by atoms with van der Waals surface area (Å²) in [7, 11) is 2.27. The zero-order chi connectivity index (χ0) is 19.0. The highest BCUT2D eigenvalue weighted by Crippen LogP contribution is 2.52. The number of anilines is 1. The van der Waals surface area contributed by atoms with Gasteiger partial charge in [0.2, 0.25) is 0 Å². The first-order valence-corrected chi connectivity index (χ1v) is 10.1. The van der Waals surface area contributed by atoms with Crippen LogP contribution in [-0.4, -0.2) is 18.1 Å². The van der Waals surface area contributed by atoms with Crippen LogP contribution < -0.4 is 4.90 Å². The molecule has 28 heavy (non-hydrogen) atoms. The molecular formula is C25H24N2O. The van der Waals surface area contributed by atoms with Crippen LogP contribution in [0.15, 0.2) is 65.1 Å². The van der Waals surface area contributed by atoms with Gasteiger partial charge in [-0.1, -0.05) is 42.5 Å². The van der Waals surface area contributed by atoms with Crippen molar-refractivity contribution in [3.05, 3.63) is 77.4 Å². The molecule has 1 aromatic heterocycles. The molecule has 4 aromatic rings. The molecule has 1 aliphatic heterocycles. The molecule has 2 unspecified atom stereocenters. The van der Waals surface area contributed by atoms with Crippen molar-refractivity contribution in [1.29, 1.82) is 0 Å². The van der Waals surface area contributed by atoms with E-state index in [1.807, 2.05) is 6.07 Å². The van der Waals surface area contributed by atoms with Crippen molar-refractivity contribution in [2.24, 2.45) is 0 Å². The Kier molecular flexibility index (Phi) is 3.25. The highest BCUT2D eigenvalue weighted by molar-refractivity contribution is 6.06. The van der Waals surface area contributed by atoms with Gasteiger partial charge < -0.3 is 9.32 Å². The summed E-state index contributed by atoms with van der Waals surface area (Å²) in [6, 6.07) is 22.8. The summed E-state index contributed by atoms with van der Waals surface area (Å²) in [6.45, 7) is 4.55. The summed E-state index contributed by atoms with van der Waals surface area (Å²) in [5.41, 5.74) is 7.51. The lowest BCUT2D eigenvalue weighted by atomic mass is 10.0. The lowest BCUT2D eigenvalue weighted by Gasteiger charge is -2.47. The summed E-state index contributed by atoms with van der Waals surface area (Å²) < 4.78 is 6.11. The number of furan rings is 1. The number of para-hydroxylation sites is 1. The summed E-state index contributed by atoms with van der Waals surface area (Å²) in [5, 5.41) is 2.40. The SMILES string of the molecule is Cc1cc2oc3ccccc3c2cc1N1C2CC(c3ccccc32)N(C)[C@@H]1C. The average Bonchev–Trinajstić information content (AvgIpc) is 3.24. The van der Waals surface area contributed by atoms with Crippen LogP contribution in [0.4, 0.5) is 5.69 Å². The van der Waals surface area contributed by atoms with Crippen LogP contribution >= 0.6 is 0 Å². The van der Waals surface area contributed by atoms with Crippen LogP contribution in [0.3, 0.4) is 0 Å². The van der Waals surface area contributed by atoms with E-state index >= 15 is 0 Å². The van der Waals surface area contributed by atoms with E-state index in [4.69, 9.17) is 4.42 Å². The predicted octanol–water partition coefficient (Wildman–Crippen LogP) is 6.18. The van der Waals surface area contributed by atoms with Crippen LogP contribution in [0.1, 0.15) is 42.1 Å². The van der Waals surface area contributed by atoms with E-state index in [1.165, 1.54) is 33.2 Å². The maximum Gasteiger partial charge on any atom is 0.135 e. The first kappa shape index (κ1) is 16.2. The maximum absolute atomic E-state index is 6.11. The molecular weight excluding hydrogens is 344 g/mol. The van der Waals surface area contributed by atoms with E-state index in [1.54, 1.807) is 0 Å². The summed E-state index contributed by atoms with van der Waals surface area (Å²) >= 11 is 0. The molecule has 0 radical (unpaired) electrons. The van der Waals surface area contributed by atoms with E-state index in [9.17, 15) is 0 Å². The minimum absolute atomic E-state index is 0.338. The van der Waals surface area contributed by atoms with Crippen molar-refractivity contribution < 1.29 is 4.42 Å². The van der Waals surface area contributed by atoms with Crippen molar-refractivity contribution in [2.75, 3.05) is 11.9 Å². The Morgan fingerprint density at radius 2 is 1.57 bits per heavy atom. The van der Waals surface area contributed by atoms with Crippen LogP contribution in [0.25, 0.3) is 21.9 Å². The fourth-order valence-electron chi connectivity index (χ4n) is 5.46. The zero-order valence-electron chi connectivity index (χ0n) is 16.5. The van der Waals surface area contributed by atoms with Gasteiger partial charge in [0.15, 0.2) is 0 Å². The Bertz CT molecular complexity index is 1220. The van der Waals surface area contributed by atoms with Gasteiger partial charge in [-0.2, -0.15) is 0 Å². The monoisotopic (exact) mass is 368 g/mol. The molecule has 3 atom stereocenters. The number of nitrogens with zero attached hydrogens (tertiary/aromatic N) is 2. The van der Waals surface area contributed by atoms with Gasteiger partial charge in [-0.25, -0.2) is 0 Å². The normalized spacial score (nSPS) is 24.2. The molecule has 1 saturated heterocycles. The molecule has 3 aromatic carbocycles. The second kappa shape index (κ2) is 5.62. The molecule has 0 amide bonds. The minimum atomic E-state index is 0.338. The third kappa shape index (κ3) is 2.03. The topological polar surface area (TPSA) is 19.6 Å². The summed E-state index contributed by atoms with van der Waals surface area (Å²) in [6.07, 6.45) is 1.49. The fraction of sp³-hybridized carbons (Fsp3) is 0.280. The van der Waals surface area contributed by atoms with Gasteiger partial charge in [0.05, 0.1) is 12.2 Å². The lowest BCUT2D eigenvalue weighted by molar-refractivity contribution is 0.131. The third-order valence-electron chi connectivity index (χ3n) is 6.95. The molecule has 0 spiro atoms. The number of aryl methyl sites for hydroxylation is 1. The van der Waals surface area contributed by atoms with Gasteiger partial charge in [-0.15, -0.1) is 0 Å². The van der Waals surface area contributed by atoms with Crippen LogP contribution in [0.2, 0.25) is 0 Å². The number of hydrogen-bond donors (Lipinski definition) is 0. The second-order valence-corrected chi connectivity index (χ2v) is 8.33. The Hall–Kier alpha value is -2.78. The molecule has 3 nitrogen and oxygen atoms in total. The Morgan fingerprint density at radius 1 is 0.857 bits per heavy atom. The highest BCUT2D eigenvalue weighted by atomic mass is 16.3. The first-order valence-electron chi connectivity index (χ1n) is 10.1. The molecule has 2 heterocycles. The number of hydrogen-bond acceptors (Lipinski definition) is 3. The molecule has 2 aliphatic rings. The average molecular weight is 368 g/mol. The van der Waals surface area contributed by atoms with E-state index in [2.05, 4.69) is 85.3 Å². The van der Waals surface area contributed by atoms with Crippen LogP contribution in [0, 0.1) is 6.92 Å². The molecule has 140 valence electrons. The standard InChI is InChI=1S/C25H24N2O/c1-15-12-25-20(19-10-6-7-11-24(19)28-25)13-21(15)27-16(2)26(3)22-14-23(27)18-9-5-4-8-17(18)22/h4-13,16,22-23H,14H2,1-3H3/t16-,22?,23?/m0/s1.